The summed E-state index contributed by atoms with van der Waals surface area (Å²) in [7, 11) is 0. The summed E-state index contributed by atoms with van der Waals surface area (Å²) in [5.74, 6) is -2.69. The van der Waals surface area contributed by atoms with Crippen LogP contribution in [0.25, 0.3) is 0 Å². The van der Waals surface area contributed by atoms with Gasteiger partial charge in [-0.05, 0) is 36.8 Å². The summed E-state index contributed by atoms with van der Waals surface area (Å²) in [5.41, 5.74) is 0.0514. The van der Waals surface area contributed by atoms with Gasteiger partial charge < -0.3 is 9.47 Å². The van der Waals surface area contributed by atoms with Crippen LogP contribution in [0.3, 0.4) is 0 Å². The SMILES string of the molecule is CCCCCCCCCCCCCCCCCOC(=O)c1ccccc1C(=O)OCc1cc(F)ccc1F. The first-order valence-electron chi connectivity index (χ1n) is 14.4. The molecule has 0 aliphatic carbocycles. The van der Waals surface area contributed by atoms with Crippen LogP contribution in [-0.2, 0) is 16.1 Å². The average Bonchev–Trinajstić information content (AvgIpc) is 2.93. The predicted molar refractivity (Wildman–Crippen MR) is 147 cm³/mol. The fourth-order valence-electron chi connectivity index (χ4n) is 4.43. The molecule has 2 rings (SSSR count). The first-order valence-corrected chi connectivity index (χ1v) is 14.4. The van der Waals surface area contributed by atoms with E-state index in [0.29, 0.717) is 0 Å². The first kappa shape index (κ1) is 31.5. The van der Waals surface area contributed by atoms with Crippen molar-refractivity contribution < 1.29 is 27.8 Å². The van der Waals surface area contributed by atoms with Crippen LogP contribution < -0.4 is 0 Å². The molecule has 0 radical (unpaired) electrons. The van der Waals surface area contributed by atoms with Gasteiger partial charge in [0, 0.05) is 5.56 Å². The Kier molecular flexibility index (Phi) is 16.0. The Morgan fingerprint density at radius 2 is 1.11 bits per heavy atom. The van der Waals surface area contributed by atoms with Crippen molar-refractivity contribution in [1.29, 1.82) is 0 Å². The van der Waals surface area contributed by atoms with E-state index < -0.39 is 30.2 Å². The van der Waals surface area contributed by atoms with Crippen molar-refractivity contribution in [3.63, 3.8) is 0 Å². The Labute approximate surface area is 227 Å². The standard InChI is InChI=1S/C32H44F2O4/c1-2-3-4-5-6-7-8-9-10-11-12-13-14-15-18-23-37-31(35)28-19-16-17-20-29(28)32(36)38-25-26-24-27(33)21-22-30(26)34/h16-17,19-22,24H,2-15,18,23,25H2,1H3. The number of unbranched alkanes of at least 4 members (excludes halogenated alkanes) is 14. The lowest BCUT2D eigenvalue weighted by Crippen LogP contribution is -2.14. The summed E-state index contributed by atoms with van der Waals surface area (Å²) >= 11 is 0. The molecule has 0 saturated heterocycles. The summed E-state index contributed by atoms with van der Waals surface area (Å²) in [6, 6.07) is 9.12. The molecule has 38 heavy (non-hydrogen) atoms. The maximum atomic E-state index is 13.8. The van der Waals surface area contributed by atoms with E-state index in [1.54, 1.807) is 12.1 Å². The molecular formula is C32H44F2O4. The summed E-state index contributed by atoms with van der Waals surface area (Å²) in [5, 5.41) is 0. The first-order chi connectivity index (χ1) is 18.5. The minimum atomic E-state index is -0.798. The highest BCUT2D eigenvalue weighted by molar-refractivity contribution is 6.03. The van der Waals surface area contributed by atoms with Crippen LogP contribution in [0.5, 0.6) is 0 Å². The maximum absolute atomic E-state index is 13.8. The van der Waals surface area contributed by atoms with Crippen molar-refractivity contribution in [3.05, 3.63) is 70.8 Å². The van der Waals surface area contributed by atoms with E-state index in [1.165, 1.54) is 89.2 Å². The zero-order chi connectivity index (χ0) is 27.4. The number of carbonyl (C=O) groups excluding carboxylic acids is 2. The molecule has 2 aromatic rings. The van der Waals surface area contributed by atoms with Gasteiger partial charge in [-0.25, -0.2) is 18.4 Å². The van der Waals surface area contributed by atoms with Gasteiger partial charge >= 0.3 is 11.9 Å². The van der Waals surface area contributed by atoms with Crippen molar-refractivity contribution >= 4 is 11.9 Å². The summed E-state index contributed by atoms with van der Waals surface area (Å²) in [6.45, 7) is 2.10. The van der Waals surface area contributed by atoms with E-state index in [2.05, 4.69) is 6.92 Å². The second-order valence-corrected chi connectivity index (χ2v) is 9.94. The molecule has 0 amide bonds. The van der Waals surface area contributed by atoms with E-state index in [1.807, 2.05) is 0 Å². The molecule has 210 valence electrons. The number of ether oxygens (including phenoxy) is 2. The molecule has 0 aromatic heterocycles. The lowest BCUT2D eigenvalue weighted by Gasteiger charge is -2.10. The van der Waals surface area contributed by atoms with Crippen molar-refractivity contribution in [2.24, 2.45) is 0 Å². The lowest BCUT2D eigenvalue weighted by atomic mass is 10.0. The number of esters is 2. The van der Waals surface area contributed by atoms with Crippen molar-refractivity contribution in [1.82, 2.24) is 0 Å². The molecule has 0 aliphatic heterocycles. The fraction of sp³-hybridized carbons (Fsp3) is 0.562. The smallest absolute Gasteiger partial charge is 0.339 e. The molecule has 0 spiro atoms. The summed E-state index contributed by atoms with van der Waals surface area (Å²) < 4.78 is 37.6. The van der Waals surface area contributed by atoms with Crippen LogP contribution in [0, 0.1) is 11.6 Å². The number of halogens is 2. The zero-order valence-electron chi connectivity index (χ0n) is 23.0. The van der Waals surface area contributed by atoms with E-state index in [-0.39, 0.29) is 23.3 Å². The van der Waals surface area contributed by atoms with Gasteiger partial charge in [-0.1, -0.05) is 109 Å². The Hall–Kier alpha value is -2.76. The van der Waals surface area contributed by atoms with Crippen LogP contribution >= 0.6 is 0 Å². The summed E-state index contributed by atoms with van der Waals surface area (Å²) in [6.07, 6.45) is 18.9. The Bertz CT molecular complexity index is 960. The third-order valence-corrected chi connectivity index (χ3v) is 6.71. The van der Waals surface area contributed by atoms with Crippen molar-refractivity contribution in [2.75, 3.05) is 6.61 Å². The third-order valence-electron chi connectivity index (χ3n) is 6.71. The van der Waals surface area contributed by atoms with E-state index in [0.717, 1.165) is 37.5 Å². The Balaban J connectivity index is 1.57. The number of hydrogen-bond acceptors (Lipinski definition) is 4. The minimum Gasteiger partial charge on any atom is -0.462 e. The second-order valence-electron chi connectivity index (χ2n) is 9.94. The Morgan fingerprint density at radius 1 is 0.632 bits per heavy atom. The number of rotatable bonds is 20. The monoisotopic (exact) mass is 530 g/mol. The van der Waals surface area contributed by atoms with Crippen LogP contribution in [0.4, 0.5) is 8.78 Å². The molecular weight excluding hydrogens is 486 g/mol. The molecule has 4 nitrogen and oxygen atoms in total. The fourth-order valence-corrected chi connectivity index (χ4v) is 4.43. The van der Waals surface area contributed by atoms with Gasteiger partial charge in [0.05, 0.1) is 17.7 Å². The van der Waals surface area contributed by atoms with Crippen molar-refractivity contribution in [2.45, 2.75) is 110 Å². The van der Waals surface area contributed by atoms with E-state index >= 15 is 0 Å². The molecule has 0 saturated carbocycles. The number of hydrogen-bond donors (Lipinski definition) is 0. The van der Waals surface area contributed by atoms with Crippen LogP contribution in [0.1, 0.15) is 130 Å². The maximum Gasteiger partial charge on any atom is 0.339 e. The highest BCUT2D eigenvalue weighted by Gasteiger charge is 2.19. The zero-order valence-corrected chi connectivity index (χ0v) is 23.0. The van der Waals surface area contributed by atoms with Crippen molar-refractivity contribution in [3.8, 4) is 0 Å². The largest absolute Gasteiger partial charge is 0.462 e. The Morgan fingerprint density at radius 3 is 1.63 bits per heavy atom. The van der Waals surface area contributed by atoms with Gasteiger partial charge in [-0.15, -0.1) is 0 Å². The van der Waals surface area contributed by atoms with Gasteiger partial charge in [0.2, 0.25) is 0 Å². The molecule has 0 atom stereocenters. The van der Waals surface area contributed by atoms with Crippen LogP contribution in [0.2, 0.25) is 0 Å². The molecule has 0 unspecified atom stereocenters. The van der Waals surface area contributed by atoms with Gasteiger partial charge in [0.15, 0.2) is 0 Å². The highest BCUT2D eigenvalue weighted by Crippen LogP contribution is 2.17. The minimum absolute atomic E-state index is 0.0332. The summed E-state index contributed by atoms with van der Waals surface area (Å²) in [4.78, 5) is 25.1. The molecule has 6 heteroatoms. The normalized spacial score (nSPS) is 10.9. The topological polar surface area (TPSA) is 52.6 Å². The number of carbonyl (C=O) groups is 2. The number of benzene rings is 2. The van der Waals surface area contributed by atoms with Crippen LogP contribution in [0.15, 0.2) is 42.5 Å². The van der Waals surface area contributed by atoms with Gasteiger partial charge in [-0.2, -0.15) is 0 Å². The van der Waals surface area contributed by atoms with E-state index in [9.17, 15) is 18.4 Å². The second kappa shape index (κ2) is 19.3. The predicted octanol–water partition coefficient (Wildman–Crippen LogP) is 9.35. The highest BCUT2D eigenvalue weighted by atomic mass is 19.1. The molecule has 0 aliphatic rings. The lowest BCUT2D eigenvalue weighted by molar-refractivity contribution is 0.0433. The third kappa shape index (κ3) is 12.7. The molecule has 2 aromatic carbocycles. The van der Waals surface area contributed by atoms with Gasteiger partial charge in [0.25, 0.3) is 0 Å². The van der Waals surface area contributed by atoms with E-state index in [4.69, 9.17) is 9.47 Å². The quantitative estimate of drug-likeness (QED) is 0.126. The molecule has 0 bridgehead atoms. The van der Waals surface area contributed by atoms with Crippen LogP contribution in [-0.4, -0.2) is 18.5 Å². The molecule has 0 heterocycles. The van der Waals surface area contributed by atoms with Gasteiger partial charge in [0.1, 0.15) is 18.2 Å². The van der Waals surface area contributed by atoms with Gasteiger partial charge in [-0.3, -0.25) is 0 Å². The average molecular weight is 531 g/mol. The molecule has 0 N–H and O–H groups in total. The molecule has 0 fully saturated rings.